The highest BCUT2D eigenvalue weighted by Gasteiger charge is 2.33. The molecule has 0 radical (unpaired) electrons. The average Bonchev–Trinajstić information content (AvgIpc) is 2.48. The smallest absolute Gasteiger partial charge is 0.0486 e. The van der Waals surface area contributed by atoms with E-state index < -0.39 is 0 Å². The molecule has 1 saturated carbocycles. The van der Waals surface area contributed by atoms with E-state index in [0.717, 1.165) is 6.42 Å². The summed E-state index contributed by atoms with van der Waals surface area (Å²) in [5, 5.41) is 0.293. The van der Waals surface area contributed by atoms with Gasteiger partial charge in [-0.05, 0) is 12.5 Å². The van der Waals surface area contributed by atoms with Gasteiger partial charge in [-0.15, -0.1) is 11.6 Å². The molecule has 0 aliphatic heterocycles. The van der Waals surface area contributed by atoms with E-state index in [1.807, 2.05) is 0 Å². The minimum atomic E-state index is 0.293. The van der Waals surface area contributed by atoms with Crippen molar-refractivity contribution in [3.8, 4) is 11.8 Å². The predicted octanol–water partition coefficient (Wildman–Crippen LogP) is 2.37. The summed E-state index contributed by atoms with van der Waals surface area (Å²) in [6, 6.07) is 0. The van der Waals surface area contributed by atoms with Crippen molar-refractivity contribution in [1.82, 2.24) is 0 Å². The van der Waals surface area contributed by atoms with Gasteiger partial charge >= 0.3 is 0 Å². The minimum Gasteiger partial charge on any atom is -0.122 e. The molecule has 0 aromatic rings. The van der Waals surface area contributed by atoms with Crippen molar-refractivity contribution in [3.63, 3.8) is 0 Å². The summed E-state index contributed by atoms with van der Waals surface area (Å²) in [7, 11) is 0. The molecule has 1 aliphatic carbocycles. The Kier molecular flexibility index (Phi) is 2.45. The second-order valence-electron chi connectivity index (χ2n) is 1.94. The van der Waals surface area contributed by atoms with Gasteiger partial charge in [-0.1, -0.05) is 23.4 Å². The standard InChI is InChI=1S/C7H6Cl2/c8-4-2-1-3-6-5-7(6)9/h2,4,6-7H,5H2/b4-2+/t6-,7-/m1/s1. The van der Waals surface area contributed by atoms with Crippen LogP contribution in [0.1, 0.15) is 6.42 Å². The van der Waals surface area contributed by atoms with E-state index in [4.69, 9.17) is 23.2 Å². The van der Waals surface area contributed by atoms with E-state index in [-0.39, 0.29) is 0 Å². The molecule has 0 bridgehead atoms. The molecule has 0 amide bonds. The van der Waals surface area contributed by atoms with Crippen molar-refractivity contribution in [2.45, 2.75) is 11.8 Å². The molecule has 1 fully saturated rings. The maximum atomic E-state index is 5.67. The molecule has 1 rings (SSSR count). The van der Waals surface area contributed by atoms with Crippen LogP contribution in [0.4, 0.5) is 0 Å². The van der Waals surface area contributed by atoms with Gasteiger partial charge in [0.1, 0.15) is 0 Å². The molecule has 9 heavy (non-hydrogen) atoms. The van der Waals surface area contributed by atoms with E-state index in [2.05, 4.69) is 11.8 Å². The average molecular weight is 161 g/mol. The topological polar surface area (TPSA) is 0 Å². The quantitative estimate of drug-likeness (QED) is 0.378. The van der Waals surface area contributed by atoms with Crippen LogP contribution in [0, 0.1) is 17.8 Å². The van der Waals surface area contributed by atoms with Crippen LogP contribution in [0.3, 0.4) is 0 Å². The Morgan fingerprint density at radius 2 is 2.22 bits per heavy atom. The van der Waals surface area contributed by atoms with Crippen LogP contribution in [0.25, 0.3) is 0 Å². The molecule has 2 heteroatoms. The SMILES string of the molecule is Cl/C=C/C#C[C@@H]1C[C@H]1Cl. The first kappa shape index (κ1) is 6.99. The van der Waals surface area contributed by atoms with Gasteiger partial charge in [0.25, 0.3) is 0 Å². The summed E-state index contributed by atoms with van der Waals surface area (Å²) in [5.41, 5.74) is 1.40. The third-order valence-electron chi connectivity index (χ3n) is 1.13. The molecule has 0 nitrogen and oxygen atoms in total. The van der Waals surface area contributed by atoms with Crippen LogP contribution in [0.2, 0.25) is 0 Å². The lowest BCUT2D eigenvalue weighted by atomic mass is 10.4. The van der Waals surface area contributed by atoms with Gasteiger partial charge in [0.05, 0.1) is 0 Å². The van der Waals surface area contributed by atoms with Gasteiger partial charge in [0, 0.05) is 16.8 Å². The number of alkyl halides is 1. The summed E-state index contributed by atoms with van der Waals surface area (Å²) in [6.45, 7) is 0. The monoisotopic (exact) mass is 160 g/mol. The molecule has 1 aliphatic rings. The highest BCUT2D eigenvalue weighted by Crippen LogP contribution is 2.34. The predicted molar refractivity (Wildman–Crippen MR) is 40.5 cm³/mol. The van der Waals surface area contributed by atoms with E-state index >= 15 is 0 Å². The van der Waals surface area contributed by atoms with Crippen molar-refractivity contribution < 1.29 is 0 Å². The van der Waals surface area contributed by atoms with Crippen molar-refractivity contribution in [2.75, 3.05) is 0 Å². The van der Waals surface area contributed by atoms with E-state index in [1.54, 1.807) is 6.08 Å². The van der Waals surface area contributed by atoms with Gasteiger partial charge in [-0.2, -0.15) is 0 Å². The number of halogens is 2. The Balaban J connectivity index is 2.27. The molecule has 0 spiro atoms. The molecule has 0 aromatic carbocycles. The molecule has 0 heterocycles. The first-order chi connectivity index (χ1) is 4.34. The second-order valence-corrected chi connectivity index (χ2v) is 2.75. The Hall–Kier alpha value is -0.120. The molecule has 0 unspecified atom stereocenters. The van der Waals surface area contributed by atoms with Crippen molar-refractivity contribution in [2.24, 2.45) is 5.92 Å². The molecule has 0 saturated heterocycles. The van der Waals surface area contributed by atoms with Crippen LogP contribution >= 0.6 is 23.2 Å². The number of rotatable bonds is 0. The zero-order chi connectivity index (χ0) is 6.69. The van der Waals surface area contributed by atoms with Crippen molar-refractivity contribution in [1.29, 1.82) is 0 Å². The second kappa shape index (κ2) is 3.15. The highest BCUT2D eigenvalue weighted by molar-refractivity contribution is 6.25. The zero-order valence-electron chi connectivity index (χ0n) is 4.77. The van der Waals surface area contributed by atoms with Crippen molar-refractivity contribution in [3.05, 3.63) is 11.6 Å². The summed E-state index contributed by atoms with van der Waals surface area (Å²) in [5.74, 6) is 6.15. The number of hydrogen-bond donors (Lipinski definition) is 0. The number of hydrogen-bond acceptors (Lipinski definition) is 0. The Morgan fingerprint density at radius 3 is 2.67 bits per heavy atom. The third-order valence-corrected chi connectivity index (χ3v) is 1.74. The minimum absolute atomic E-state index is 0.293. The summed E-state index contributed by atoms with van der Waals surface area (Å²) in [6.07, 6.45) is 2.65. The first-order valence-corrected chi connectivity index (χ1v) is 3.62. The highest BCUT2D eigenvalue weighted by atomic mass is 35.5. The fourth-order valence-electron chi connectivity index (χ4n) is 0.500. The molecule has 0 aromatic heterocycles. The molecule has 2 atom stereocenters. The van der Waals surface area contributed by atoms with Crippen LogP contribution in [-0.2, 0) is 0 Å². The fourth-order valence-corrected chi connectivity index (χ4v) is 0.818. The number of allylic oxidation sites excluding steroid dienone is 1. The maximum absolute atomic E-state index is 5.67. The summed E-state index contributed by atoms with van der Waals surface area (Å²) < 4.78 is 0. The van der Waals surface area contributed by atoms with Gasteiger partial charge < -0.3 is 0 Å². The summed E-state index contributed by atoms with van der Waals surface area (Å²) in [4.78, 5) is 0. The molecule has 0 N–H and O–H groups in total. The van der Waals surface area contributed by atoms with Gasteiger partial charge in [-0.3, -0.25) is 0 Å². The van der Waals surface area contributed by atoms with E-state index in [1.165, 1.54) is 5.54 Å². The molecule has 48 valence electrons. The zero-order valence-corrected chi connectivity index (χ0v) is 6.28. The summed E-state index contributed by atoms with van der Waals surface area (Å²) >= 11 is 10.9. The molecular formula is C7H6Cl2. The Labute approximate surface area is 64.8 Å². The van der Waals surface area contributed by atoms with Gasteiger partial charge in [0.2, 0.25) is 0 Å². The Bertz CT molecular complexity index is 173. The lowest BCUT2D eigenvalue weighted by Crippen LogP contribution is -1.68. The van der Waals surface area contributed by atoms with Crippen molar-refractivity contribution >= 4 is 23.2 Å². The van der Waals surface area contributed by atoms with E-state index in [0.29, 0.717) is 11.3 Å². The largest absolute Gasteiger partial charge is 0.122 e. The first-order valence-electron chi connectivity index (χ1n) is 2.75. The van der Waals surface area contributed by atoms with Gasteiger partial charge in [0.15, 0.2) is 0 Å². The normalized spacial score (nSPS) is 31.8. The maximum Gasteiger partial charge on any atom is 0.0486 e. The van der Waals surface area contributed by atoms with Gasteiger partial charge in [-0.25, -0.2) is 0 Å². The molecular weight excluding hydrogens is 155 g/mol. The fraction of sp³-hybridized carbons (Fsp3) is 0.429. The lowest BCUT2D eigenvalue weighted by molar-refractivity contribution is 1.18. The lowest BCUT2D eigenvalue weighted by Gasteiger charge is -1.70. The van der Waals surface area contributed by atoms with E-state index in [9.17, 15) is 0 Å². The van der Waals surface area contributed by atoms with Crippen LogP contribution in [-0.4, -0.2) is 5.38 Å². The Morgan fingerprint density at radius 1 is 1.56 bits per heavy atom. The van der Waals surface area contributed by atoms with Crippen LogP contribution in [0.15, 0.2) is 11.6 Å². The van der Waals surface area contributed by atoms with Crippen LogP contribution < -0.4 is 0 Å². The third kappa shape index (κ3) is 2.30. The van der Waals surface area contributed by atoms with Crippen LogP contribution in [0.5, 0.6) is 0 Å².